The van der Waals surface area contributed by atoms with E-state index in [-0.39, 0.29) is 53.1 Å². The second-order valence-corrected chi connectivity index (χ2v) is 10.2. The van der Waals surface area contributed by atoms with Gasteiger partial charge in [-0.3, -0.25) is 9.52 Å². The normalized spacial score (nSPS) is 11.1. The summed E-state index contributed by atoms with van der Waals surface area (Å²) in [4.78, 5) is 40.3. The second-order valence-electron chi connectivity index (χ2n) is 8.62. The number of nitriles is 1. The fraction of sp³-hybridized carbons (Fsp3) is 0.280. The van der Waals surface area contributed by atoms with E-state index in [1.54, 1.807) is 0 Å². The number of hydrogen-bond donors (Lipinski definition) is 2. The van der Waals surface area contributed by atoms with E-state index in [0.717, 1.165) is 7.05 Å². The lowest BCUT2D eigenvalue weighted by molar-refractivity contribution is -0.128. The molecule has 0 saturated carbocycles. The van der Waals surface area contributed by atoms with Crippen molar-refractivity contribution >= 4 is 38.9 Å². The Labute approximate surface area is 223 Å². The van der Waals surface area contributed by atoms with Gasteiger partial charge in [-0.15, -0.1) is 0 Å². The molecule has 0 spiro atoms. The molecule has 0 radical (unpaired) electrons. The summed E-state index contributed by atoms with van der Waals surface area (Å²) in [6, 6.07) is 10.1. The molecular weight excluding hydrogens is 533 g/mol. The summed E-state index contributed by atoms with van der Waals surface area (Å²) in [5, 5.41) is 9.30. The topological polar surface area (TPSA) is 162 Å². The molecule has 2 amide bonds. The smallest absolute Gasteiger partial charge is 0.414 e. The quantitative estimate of drug-likeness (QED) is 0.297. The summed E-state index contributed by atoms with van der Waals surface area (Å²) in [6.07, 6.45) is -1.31. The molecule has 1 aromatic heterocycles. The summed E-state index contributed by atoms with van der Waals surface area (Å²) in [5.41, 5.74) is -1.03. The third-order valence-corrected chi connectivity index (χ3v) is 6.71. The van der Waals surface area contributed by atoms with Crippen molar-refractivity contribution in [2.45, 2.75) is 12.8 Å². The van der Waals surface area contributed by atoms with E-state index in [1.165, 1.54) is 67.3 Å². The second kappa shape index (κ2) is 11.9. The van der Waals surface area contributed by atoms with Crippen molar-refractivity contribution in [3.63, 3.8) is 0 Å². The maximum atomic E-state index is 15.3. The fourth-order valence-electron chi connectivity index (χ4n) is 3.58. The minimum absolute atomic E-state index is 0.0227. The first-order chi connectivity index (χ1) is 18.4. The molecule has 14 heteroatoms. The maximum Gasteiger partial charge on any atom is 0.414 e. The van der Waals surface area contributed by atoms with Gasteiger partial charge in [-0.05, 0) is 29.3 Å². The molecule has 0 unspecified atom stereocenters. The van der Waals surface area contributed by atoms with E-state index >= 15 is 4.39 Å². The standard InChI is InChI=1S/C25H26FN5O7S/c1-28-39(35,36)29-20-7-5-6-15(23(20)26)12-19-18(14-22(32)31(4)11-10-27)17-9-8-16(37-25(34)30(2)3)13-21(17)38-24(19)33/h5-9,13,28-29H,11-12,14H2,1-4H3. The first-order valence-corrected chi connectivity index (χ1v) is 12.9. The van der Waals surface area contributed by atoms with E-state index in [4.69, 9.17) is 14.4 Å². The molecule has 0 saturated heterocycles. The molecule has 0 atom stereocenters. The molecule has 0 aliphatic carbocycles. The fourth-order valence-corrected chi connectivity index (χ4v) is 4.13. The minimum atomic E-state index is -4.01. The lowest BCUT2D eigenvalue weighted by atomic mass is 9.95. The van der Waals surface area contributed by atoms with Gasteiger partial charge in [0.2, 0.25) is 5.91 Å². The van der Waals surface area contributed by atoms with E-state index in [9.17, 15) is 22.8 Å². The van der Waals surface area contributed by atoms with Gasteiger partial charge in [0.25, 0.3) is 10.2 Å². The molecule has 1 heterocycles. The highest BCUT2D eigenvalue weighted by Gasteiger charge is 2.22. The Morgan fingerprint density at radius 3 is 2.51 bits per heavy atom. The molecule has 39 heavy (non-hydrogen) atoms. The Hall–Kier alpha value is -4.48. The van der Waals surface area contributed by atoms with Gasteiger partial charge in [0.1, 0.15) is 17.9 Å². The zero-order valence-electron chi connectivity index (χ0n) is 21.6. The molecule has 3 rings (SSSR count). The Kier molecular flexibility index (Phi) is 8.89. The van der Waals surface area contributed by atoms with Crippen LogP contribution in [0.25, 0.3) is 11.0 Å². The SMILES string of the molecule is CNS(=O)(=O)Nc1cccc(Cc2c(CC(=O)N(C)CC#N)c3ccc(OC(=O)N(C)C)cc3oc2=O)c1F. The largest absolute Gasteiger partial charge is 0.422 e. The molecule has 0 bridgehead atoms. The van der Waals surface area contributed by atoms with Crippen LogP contribution >= 0.6 is 0 Å². The average Bonchev–Trinajstić information content (AvgIpc) is 2.87. The van der Waals surface area contributed by atoms with Gasteiger partial charge in [0.15, 0.2) is 5.82 Å². The van der Waals surface area contributed by atoms with Gasteiger partial charge in [-0.25, -0.2) is 18.7 Å². The summed E-state index contributed by atoms with van der Waals surface area (Å²) < 4.78 is 53.8. The van der Waals surface area contributed by atoms with E-state index in [0.29, 0.717) is 5.39 Å². The number of hydrogen-bond acceptors (Lipinski definition) is 8. The van der Waals surface area contributed by atoms with Crippen LogP contribution in [-0.4, -0.2) is 65.0 Å². The van der Waals surface area contributed by atoms with Crippen LogP contribution in [0.1, 0.15) is 16.7 Å². The number of nitrogens with one attached hydrogen (secondary N) is 2. The van der Waals surface area contributed by atoms with E-state index < -0.39 is 33.7 Å². The van der Waals surface area contributed by atoms with Crippen LogP contribution < -0.4 is 19.8 Å². The molecule has 206 valence electrons. The summed E-state index contributed by atoms with van der Waals surface area (Å²) in [5.74, 6) is -1.31. The Morgan fingerprint density at radius 1 is 1.15 bits per heavy atom. The van der Waals surface area contributed by atoms with Crippen LogP contribution in [0.5, 0.6) is 5.75 Å². The highest BCUT2D eigenvalue weighted by molar-refractivity contribution is 7.90. The van der Waals surface area contributed by atoms with Crippen molar-refractivity contribution in [1.29, 1.82) is 5.26 Å². The Bertz CT molecular complexity index is 1630. The van der Waals surface area contributed by atoms with Crippen molar-refractivity contribution in [3.8, 4) is 11.8 Å². The van der Waals surface area contributed by atoms with Crippen molar-refractivity contribution in [1.82, 2.24) is 14.5 Å². The first-order valence-electron chi connectivity index (χ1n) is 11.4. The van der Waals surface area contributed by atoms with Crippen molar-refractivity contribution in [2.24, 2.45) is 0 Å². The van der Waals surface area contributed by atoms with Crippen LogP contribution in [0.3, 0.4) is 0 Å². The van der Waals surface area contributed by atoms with Gasteiger partial charge in [-0.1, -0.05) is 12.1 Å². The number of likely N-dealkylation sites (N-methyl/N-ethyl adjacent to an activating group) is 1. The minimum Gasteiger partial charge on any atom is -0.422 e. The van der Waals surface area contributed by atoms with Crippen molar-refractivity contribution < 1.29 is 31.6 Å². The monoisotopic (exact) mass is 559 g/mol. The molecule has 2 N–H and O–H groups in total. The number of benzene rings is 2. The number of carbonyl (C=O) groups is 2. The molecule has 0 fully saturated rings. The number of carbonyl (C=O) groups excluding carboxylic acids is 2. The molecule has 3 aromatic rings. The third-order valence-electron chi connectivity index (χ3n) is 5.68. The molecular formula is C25H26FN5O7S. The zero-order valence-corrected chi connectivity index (χ0v) is 22.4. The number of amides is 2. The first kappa shape index (κ1) is 29.1. The predicted octanol–water partition coefficient (Wildman–Crippen LogP) is 1.98. The predicted molar refractivity (Wildman–Crippen MR) is 140 cm³/mol. The number of halogens is 1. The Morgan fingerprint density at radius 2 is 1.87 bits per heavy atom. The van der Waals surface area contributed by atoms with E-state index in [1.807, 2.05) is 10.8 Å². The van der Waals surface area contributed by atoms with Gasteiger partial charge >= 0.3 is 11.7 Å². The van der Waals surface area contributed by atoms with Crippen LogP contribution in [0.4, 0.5) is 14.9 Å². The number of nitrogens with zero attached hydrogens (tertiary/aromatic N) is 3. The van der Waals surface area contributed by atoms with Crippen LogP contribution in [0, 0.1) is 17.1 Å². The average molecular weight is 560 g/mol. The van der Waals surface area contributed by atoms with Gasteiger partial charge in [-0.2, -0.15) is 13.7 Å². The van der Waals surface area contributed by atoms with Gasteiger partial charge in [0, 0.05) is 51.6 Å². The van der Waals surface area contributed by atoms with Crippen molar-refractivity contribution in [3.05, 3.63) is 69.3 Å². The third kappa shape index (κ3) is 6.89. The number of rotatable bonds is 9. The maximum absolute atomic E-state index is 15.3. The molecule has 0 aliphatic heterocycles. The summed E-state index contributed by atoms with van der Waals surface area (Å²) >= 11 is 0. The zero-order chi connectivity index (χ0) is 28.9. The highest BCUT2D eigenvalue weighted by Crippen LogP contribution is 2.28. The van der Waals surface area contributed by atoms with Crippen LogP contribution in [0.15, 0.2) is 45.6 Å². The van der Waals surface area contributed by atoms with Crippen LogP contribution in [0.2, 0.25) is 0 Å². The van der Waals surface area contributed by atoms with Gasteiger partial charge < -0.3 is 19.0 Å². The van der Waals surface area contributed by atoms with Crippen LogP contribution in [-0.2, 0) is 27.8 Å². The van der Waals surface area contributed by atoms with Gasteiger partial charge in [0.05, 0.1) is 18.2 Å². The molecule has 2 aromatic carbocycles. The number of ether oxygens (including phenoxy) is 1. The number of fused-ring (bicyclic) bond motifs is 1. The molecule has 12 nitrogen and oxygen atoms in total. The highest BCUT2D eigenvalue weighted by atomic mass is 32.2. The lowest BCUT2D eigenvalue weighted by Crippen LogP contribution is -2.29. The van der Waals surface area contributed by atoms with E-state index in [2.05, 4.69) is 4.72 Å². The molecule has 0 aliphatic rings. The summed E-state index contributed by atoms with van der Waals surface area (Å²) in [7, 11) is 1.56. The summed E-state index contributed by atoms with van der Waals surface area (Å²) in [6.45, 7) is -0.194. The van der Waals surface area contributed by atoms with Crippen molar-refractivity contribution in [2.75, 3.05) is 39.5 Å². The number of anilines is 1. The Balaban J connectivity index is 2.14. The lowest BCUT2D eigenvalue weighted by Gasteiger charge is -2.17.